The van der Waals surface area contributed by atoms with Gasteiger partial charge in [0.05, 0.1) is 4.90 Å². The van der Waals surface area contributed by atoms with Crippen LogP contribution in [-0.4, -0.2) is 58.9 Å². The molecule has 0 radical (unpaired) electrons. The molecule has 0 heterocycles. The molecule has 2 aromatic rings. The zero-order chi connectivity index (χ0) is 20.6. The third-order valence-electron chi connectivity index (χ3n) is 4.12. The molecule has 0 unspecified atom stereocenters. The summed E-state index contributed by atoms with van der Waals surface area (Å²) < 4.78 is 26.2. The van der Waals surface area contributed by atoms with E-state index in [1.165, 1.54) is 12.1 Å². The van der Waals surface area contributed by atoms with E-state index >= 15 is 0 Å². The fourth-order valence-electron chi connectivity index (χ4n) is 2.59. The van der Waals surface area contributed by atoms with Crippen molar-refractivity contribution < 1.29 is 18.0 Å². The normalized spacial score (nSPS) is 12.4. The first kappa shape index (κ1) is 21.6. The van der Waals surface area contributed by atoms with E-state index in [1.807, 2.05) is 19.0 Å². The van der Waals surface area contributed by atoms with E-state index in [4.69, 9.17) is 0 Å². The van der Waals surface area contributed by atoms with Crippen molar-refractivity contribution in [1.29, 1.82) is 0 Å². The highest BCUT2D eigenvalue weighted by Gasteiger charge is 2.30. The second-order valence-electron chi connectivity index (χ2n) is 6.53. The molecule has 2 N–H and O–H groups in total. The van der Waals surface area contributed by atoms with E-state index in [0.29, 0.717) is 18.7 Å². The lowest BCUT2D eigenvalue weighted by molar-refractivity contribution is -0.139. The summed E-state index contributed by atoms with van der Waals surface area (Å²) in [6.45, 7) is 0.707. The van der Waals surface area contributed by atoms with Crippen LogP contribution >= 0.6 is 0 Å². The maximum Gasteiger partial charge on any atom is 0.309 e. The Kier molecular flexibility index (Phi) is 7.71. The van der Waals surface area contributed by atoms with Crippen LogP contribution in [0.4, 0.5) is 0 Å². The second-order valence-corrected chi connectivity index (χ2v) is 8.66. The first-order chi connectivity index (χ1) is 13.3. The van der Waals surface area contributed by atoms with Gasteiger partial charge in [0, 0.05) is 19.6 Å². The molecule has 0 spiro atoms. The number of rotatable bonds is 8. The van der Waals surface area contributed by atoms with E-state index in [1.54, 1.807) is 48.5 Å². The highest BCUT2D eigenvalue weighted by atomic mass is 32.2. The van der Waals surface area contributed by atoms with Gasteiger partial charge in [0.25, 0.3) is 0 Å². The SMILES string of the molecule is CN(C)CCNC(=O)C(=O)NC[C@H](c1ccccc1)S(=O)(=O)c1ccccc1. The first-order valence-corrected chi connectivity index (χ1v) is 10.4. The number of sulfone groups is 1. The average molecular weight is 404 g/mol. The molecule has 8 heteroatoms. The molecule has 150 valence electrons. The molecule has 7 nitrogen and oxygen atoms in total. The molecular weight excluding hydrogens is 378 g/mol. The molecule has 28 heavy (non-hydrogen) atoms. The van der Waals surface area contributed by atoms with E-state index in [-0.39, 0.29) is 11.4 Å². The summed E-state index contributed by atoms with van der Waals surface area (Å²) in [5.41, 5.74) is 0.541. The van der Waals surface area contributed by atoms with Crippen LogP contribution in [0.25, 0.3) is 0 Å². The lowest BCUT2D eigenvalue weighted by atomic mass is 10.1. The van der Waals surface area contributed by atoms with Crippen molar-refractivity contribution in [1.82, 2.24) is 15.5 Å². The average Bonchev–Trinajstić information content (AvgIpc) is 2.69. The Labute approximate surface area is 165 Å². The van der Waals surface area contributed by atoms with Crippen LogP contribution in [-0.2, 0) is 19.4 Å². The minimum atomic E-state index is -3.76. The highest BCUT2D eigenvalue weighted by molar-refractivity contribution is 7.91. The number of benzene rings is 2. The molecule has 0 aliphatic rings. The molecule has 0 bridgehead atoms. The van der Waals surface area contributed by atoms with Gasteiger partial charge in [0.15, 0.2) is 9.84 Å². The number of amides is 2. The van der Waals surface area contributed by atoms with Gasteiger partial charge in [-0.05, 0) is 31.8 Å². The van der Waals surface area contributed by atoms with E-state index in [9.17, 15) is 18.0 Å². The van der Waals surface area contributed by atoms with E-state index in [2.05, 4.69) is 10.6 Å². The van der Waals surface area contributed by atoms with Gasteiger partial charge in [-0.1, -0.05) is 48.5 Å². The quantitative estimate of drug-likeness (QED) is 0.641. The molecule has 2 amide bonds. The summed E-state index contributed by atoms with van der Waals surface area (Å²) in [5.74, 6) is -1.64. The predicted octanol–water partition coefficient (Wildman–Crippen LogP) is 0.996. The van der Waals surface area contributed by atoms with Crippen molar-refractivity contribution in [3.05, 3.63) is 66.2 Å². The molecule has 0 saturated heterocycles. The standard InChI is InChI=1S/C20H25N3O4S/c1-23(2)14-13-21-19(24)20(25)22-15-18(16-9-5-3-6-10-16)28(26,27)17-11-7-4-8-12-17/h3-12,18H,13-15H2,1-2H3,(H,21,24)(H,22,25)/t18-/m1/s1. The summed E-state index contributed by atoms with van der Waals surface area (Å²) in [6.07, 6.45) is 0. The summed E-state index contributed by atoms with van der Waals surface area (Å²) in [4.78, 5) is 26.0. The van der Waals surface area contributed by atoms with Gasteiger partial charge >= 0.3 is 11.8 Å². The number of carbonyl (C=O) groups is 2. The zero-order valence-corrected chi connectivity index (χ0v) is 16.8. The van der Waals surface area contributed by atoms with Gasteiger partial charge in [0.2, 0.25) is 0 Å². The summed E-state index contributed by atoms with van der Waals surface area (Å²) in [5, 5.41) is 3.95. The van der Waals surface area contributed by atoms with Crippen molar-refractivity contribution in [3.8, 4) is 0 Å². The Morgan fingerprint density at radius 3 is 2.00 bits per heavy atom. The molecule has 2 aromatic carbocycles. The van der Waals surface area contributed by atoms with Gasteiger partial charge in [-0.15, -0.1) is 0 Å². The topological polar surface area (TPSA) is 95.6 Å². The molecule has 1 atom stereocenters. The van der Waals surface area contributed by atoms with Gasteiger partial charge in [-0.3, -0.25) is 9.59 Å². The van der Waals surface area contributed by atoms with Gasteiger partial charge in [-0.25, -0.2) is 8.42 Å². The fraction of sp³-hybridized carbons (Fsp3) is 0.300. The Bertz CT molecular complexity index is 884. The minimum absolute atomic E-state index is 0.161. The monoisotopic (exact) mass is 403 g/mol. The molecule has 2 rings (SSSR count). The largest absolute Gasteiger partial charge is 0.347 e. The Morgan fingerprint density at radius 2 is 1.43 bits per heavy atom. The van der Waals surface area contributed by atoms with Gasteiger partial charge in [0.1, 0.15) is 5.25 Å². The van der Waals surface area contributed by atoms with E-state index in [0.717, 1.165) is 0 Å². The number of nitrogens with zero attached hydrogens (tertiary/aromatic N) is 1. The van der Waals surface area contributed by atoms with Crippen molar-refractivity contribution >= 4 is 21.7 Å². The van der Waals surface area contributed by atoms with Crippen molar-refractivity contribution in [2.45, 2.75) is 10.1 Å². The smallest absolute Gasteiger partial charge is 0.309 e. The molecule has 0 aliphatic heterocycles. The number of hydrogen-bond donors (Lipinski definition) is 2. The summed E-state index contributed by atoms with van der Waals surface area (Å²) in [6, 6.07) is 16.7. The Balaban J connectivity index is 2.14. The molecule has 0 aliphatic carbocycles. The molecular formula is C20H25N3O4S. The van der Waals surface area contributed by atoms with Crippen molar-refractivity contribution in [3.63, 3.8) is 0 Å². The van der Waals surface area contributed by atoms with Crippen LogP contribution in [0.2, 0.25) is 0 Å². The van der Waals surface area contributed by atoms with Crippen LogP contribution in [0.5, 0.6) is 0 Å². The number of carbonyl (C=O) groups excluding carboxylic acids is 2. The van der Waals surface area contributed by atoms with Crippen LogP contribution in [0, 0.1) is 0 Å². The lowest BCUT2D eigenvalue weighted by Gasteiger charge is -2.19. The van der Waals surface area contributed by atoms with Crippen LogP contribution in [0.1, 0.15) is 10.8 Å². The Morgan fingerprint density at radius 1 is 0.893 bits per heavy atom. The summed E-state index contributed by atoms with van der Waals surface area (Å²) >= 11 is 0. The maximum atomic E-state index is 13.1. The second kappa shape index (κ2) is 10.0. The van der Waals surface area contributed by atoms with Crippen molar-refractivity contribution in [2.24, 2.45) is 0 Å². The molecule has 0 saturated carbocycles. The highest BCUT2D eigenvalue weighted by Crippen LogP contribution is 2.28. The first-order valence-electron chi connectivity index (χ1n) is 8.87. The number of hydrogen-bond acceptors (Lipinski definition) is 5. The van der Waals surface area contributed by atoms with Crippen LogP contribution in [0.15, 0.2) is 65.6 Å². The van der Waals surface area contributed by atoms with Crippen LogP contribution < -0.4 is 10.6 Å². The molecule has 0 aromatic heterocycles. The summed E-state index contributed by atoms with van der Waals surface area (Å²) in [7, 11) is -0.0522. The fourth-order valence-corrected chi connectivity index (χ4v) is 4.27. The van der Waals surface area contributed by atoms with Crippen molar-refractivity contribution in [2.75, 3.05) is 33.7 Å². The van der Waals surface area contributed by atoms with Gasteiger partial charge < -0.3 is 15.5 Å². The Hall–Kier alpha value is -2.71. The zero-order valence-electron chi connectivity index (χ0n) is 16.0. The lowest BCUT2D eigenvalue weighted by Crippen LogP contribution is -2.43. The molecule has 0 fully saturated rings. The predicted molar refractivity (Wildman–Crippen MR) is 107 cm³/mol. The van der Waals surface area contributed by atoms with Crippen LogP contribution in [0.3, 0.4) is 0 Å². The minimum Gasteiger partial charge on any atom is -0.347 e. The number of likely N-dealkylation sites (N-methyl/N-ethyl adjacent to an activating group) is 1. The van der Waals surface area contributed by atoms with Gasteiger partial charge in [-0.2, -0.15) is 0 Å². The van der Waals surface area contributed by atoms with E-state index < -0.39 is 26.9 Å². The maximum absolute atomic E-state index is 13.1. The third-order valence-corrected chi connectivity index (χ3v) is 6.23. The number of nitrogens with one attached hydrogen (secondary N) is 2. The third kappa shape index (κ3) is 5.90.